The van der Waals surface area contributed by atoms with Gasteiger partial charge >= 0.3 is 5.97 Å². The Balaban J connectivity index is 2.18. The van der Waals surface area contributed by atoms with Crippen molar-refractivity contribution in [2.75, 3.05) is 0 Å². The Kier molecular flexibility index (Phi) is 5.54. The fourth-order valence-corrected chi connectivity index (χ4v) is 3.51. The predicted molar refractivity (Wildman–Crippen MR) is 104 cm³/mol. The Morgan fingerprint density at radius 2 is 1.42 bits per heavy atom. The van der Waals surface area contributed by atoms with Gasteiger partial charge in [0.15, 0.2) is 0 Å². The summed E-state index contributed by atoms with van der Waals surface area (Å²) in [4.78, 5) is 13.1. The Hall–Kier alpha value is -2.85. The number of carbonyl (C=O) groups is 1. The molecule has 0 saturated heterocycles. The molecule has 4 heteroatoms. The average Bonchev–Trinajstić information content (AvgIpc) is 2.65. The number of hydrogen-bond donors (Lipinski definition) is 1. The van der Waals surface area contributed by atoms with E-state index in [1.807, 2.05) is 61.5 Å². The molecule has 3 aromatic rings. The highest BCUT2D eigenvalue weighted by Crippen LogP contribution is 2.37. The molecule has 3 aromatic carbocycles. The molecule has 0 amide bonds. The van der Waals surface area contributed by atoms with Crippen LogP contribution >= 0.6 is 11.8 Å². The molecule has 0 bridgehead atoms. The Labute approximate surface area is 156 Å². The predicted octanol–water partition coefficient (Wildman–Crippen LogP) is 5.77. The quantitative estimate of drug-likeness (QED) is 0.461. The van der Waals surface area contributed by atoms with Gasteiger partial charge in [-0.3, -0.25) is 0 Å². The number of carboxylic acids is 1. The second-order valence-corrected chi connectivity index (χ2v) is 6.88. The van der Waals surface area contributed by atoms with Crippen LogP contribution in [-0.4, -0.2) is 11.1 Å². The first-order valence-electron chi connectivity index (χ1n) is 8.08. The lowest BCUT2D eigenvalue weighted by molar-refractivity contribution is -0.131. The highest BCUT2D eigenvalue weighted by Gasteiger charge is 2.19. The van der Waals surface area contributed by atoms with Crippen LogP contribution in [0.1, 0.15) is 16.7 Å². The summed E-state index contributed by atoms with van der Waals surface area (Å²) in [5, 5.41) is 9.88. The van der Waals surface area contributed by atoms with Crippen LogP contribution in [0.3, 0.4) is 0 Å². The smallest absolute Gasteiger partial charge is 0.343 e. The molecule has 0 spiro atoms. The van der Waals surface area contributed by atoms with Crippen molar-refractivity contribution in [2.45, 2.75) is 11.8 Å². The summed E-state index contributed by atoms with van der Waals surface area (Å²) in [6, 6.07) is 22.9. The fourth-order valence-electron chi connectivity index (χ4n) is 2.58. The van der Waals surface area contributed by atoms with E-state index in [9.17, 15) is 14.3 Å². The van der Waals surface area contributed by atoms with Gasteiger partial charge in [0, 0.05) is 10.5 Å². The molecule has 0 saturated carbocycles. The Morgan fingerprint density at radius 1 is 0.846 bits per heavy atom. The molecule has 0 unspecified atom stereocenters. The highest BCUT2D eigenvalue weighted by atomic mass is 32.2. The zero-order valence-electron chi connectivity index (χ0n) is 14.1. The number of rotatable bonds is 5. The second kappa shape index (κ2) is 8.02. The fraction of sp³-hybridized carbons (Fsp3) is 0.0455. The minimum atomic E-state index is -1.02. The van der Waals surface area contributed by atoms with E-state index in [1.54, 1.807) is 12.1 Å². The van der Waals surface area contributed by atoms with Gasteiger partial charge in [0.05, 0.1) is 0 Å². The van der Waals surface area contributed by atoms with Crippen LogP contribution in [0.5, 0.6) is 0 Å². The van der Waals surface area contributed by atoms with Crippen molar-refractivity contribution < 1.29 is 14.3 Å². The monoisotopic (exact) mass is 364 g/mol. The maximum atomic E-state index is 13.4. The van der Waals surface area contributed by atoms with E-state index in [2.05, 4.69) is 0 Å². The maximum Gasteiger partial charge on any atom is 0.343 e. The molecule has 130 valence electrons. The van der Waals surface area contributed by atoms with Crippen LogP contribution in [0.15, 0.2) is 88.7 Å². The van der Waals surface area contributed by atoms with Crippen LogP contribution < -0.4 is 0 Å². The normalized spacial score (nSPS) is 11.8. The number of benzene rings is 3. The number of halogens is 1. The van der Waals surface area contributed by atoms with E-state index >= 15 is 0 Å². The zero-order chi connectivity index (χ0) is 18.5. The third-order valence-electron chi connectivity index (χ3n) is 3.86. The third-order valence-corrected chi connectivity index (χ3v) is 4.95. The SMILES string of the molecule is Cc1ccc(S/C(C(=O)O)=C(/c2ccccc2)c2ccc(F)cc2)cc1. The molecule has 0 aromatic heterocycles. The van der Waals surface area contributed by atoms with Crippen LogP contribution in [0.25, 0.3) is 5.57 Å². The lowest BCUT2D eigenvalue weighted by Crippen LogP contribution is -2.03. The van der Waals surface area contributed by atoms with Crippen molar-refractivity contribution in [1.29, 1.82) is 0 Å². The van der Waals surface area contributed by atoms with E-state index in [-0.39, 0.29) is 10.7 Å². The average molecular weight is 364 g/mol. The second-order valence-electron chi connectivity index (χ2n) is 5.80. The number of aliphatic carboxylic acids is 1. The first-order valence-corrected chi connectivity index (χ1v) is 8.89. The standard InChI is InChI=1S/C22H17FO2S/c1-15-7-13-19(14-8-15)26-21(22(24)25)20(16-5-3-2-4-6-16)17-9-11-18(23)12-10-17/h2-14H,1H3,(H,24,25)/b21-20-. The van der Waals surface area contributed by atoms with Gasteiger partial charge in [-0.25, -0.2) is 9.18 Å². The van der Waals surface area contributed by atoms with Crippen molar-refractivity contribution in [3.63, 3.8) is 0 Å². The highest BCUT2D eigenvalue weighted by molar-refractivity contribution is 8.04. The molecule has 0 atom stereocenters. The first kappa shape index (κ1) is 18.0. The van der Waals surface area contributed by atoms with Gasteiger partial charge < -0.3 is 5.11 Å². The minimum absolute atomic E-state index is 0.201. The van der Waals surface area contributed by atoms with E-state index in [0.717, 1.165) is 16.0 Å². The van der Waals surface area contributed by atoms with Crippen molar-refractivity contribution in [3.8, 4) is 0 Å². The van der Waals surface area contributed by atoms with Crippen LogP contribution in [0.2, 0.25) is 0 Å². The maximum absolute atomic E-state index is 13.4. The minimum Gasteiger partial charge on any atom is -0.477 e. The van der Waals surface area contributed by atoms with Crippen molar-refractivity contribution in [2.24, 2.45) is 0 Å². The van der Waals surface area contributed by atoms with Gasteiger partial charge in [-0.05, 0) is 42.3 Å². The summed E-state index contributed by atoms with van der Waals surface area (Å²) in [5.41, 5.74) is 3.12. The molecule has 0 aliphatic rings. The van der Waals surface area contributed by atoms with Crippen molar-refractivity contribution in [1.82, 2.24) is 0 Å². The zero-order valence-corrected chi connectivity index (χ0v) is 15.0. The van der Waals surface area contributed by atoms with E-state index in [1.165, 1.54) is 23.9 Å². The Bertz CT molecular complexity index is 930. The first-order chi connectivity index (χ1) is 12.5. The number of hydrogen-bond acceptors (Lipinski definition) is 2. The van der Waals surface area contributed by atoms with Crippen molar-refractivity contribution >= 4 is 23.3 Å². The summed E-state index contributed by atoms with van der Waals surface area (Å²) >= 11 is 1.19. The van der Waals surface area contributed by atoms with Crippen molar-refractivity contribution in [3.05, 3.63) is 106 Å². The molecule has 26 heavy (non-hydrogen) atoms. The van der Waals surface area contributed by atoms with Gasteiger partial charge in [0.25, 0.3) is 0 Å². The third kappa shape index (κ3) is 4.21. The molecule has 0 aliphatic carbocycles. The number of carboxylic acid groups (broad SMARTS) is 1. The van der Waals surface area contributed by atoms with Gasteiger partial charge in [0.1, 0.15) is 10.7 Å². The van der Waals surface area contributed by atoms with Crippen LogP contribution in [-0.2, 0) is 4.79 Å². The summed E-state index contributed by atoms with van der Waals surface area (Å²) in [6.45, 7) is 1.98. The lowest BCUT2D eigenvalue weighted by atomic mass is 9.97. The molecular formula is C22H17FO2S. The molecule has 0 radical (unpaired) electrons. The lowest BCUT2D eigenvalue weighted by Gasteiger charge is -2.14. The van der Waals surface area contributed by atoms with Crippen LogP contribution in [0, 0.1) is 12.7 Å². The molecule has 0 aliphatic heterocycles. The summed E-state index contributed by atoms with van der Waals surface area (Å²) in [6.07, 6.45) is 0. The van der Waals surface area contributed by atoms with Gasteiger partial charge in [-0.15, -0.1) is 0 Å². The largest absolute Gasteiger partial charge is 0.477 e. The number of thioether (sulfide) groups is 1. The Morgan fingerprint density at radius 3 is 2.00 bits per heavy atom. The summed E-state index contributed by atoms with van der Waals surface area (Å²) in [7, 11) is 0. The van der Waals surface area contributed by atoms with Gasteiger partial charge in [-0.1, -0.05) is 71.9 Å². The molecular weight excluding hydrogens is 347 g/mol. The van der Waals surface area contributed by atoms with Crippen LogP contribution in [0.4, 0.5) is 4.39 Å². The van der Waals surface area contributed by atoms with Gasteiger partial charge in [0.2, 0.25) is 0 Å². The molecule has 1 N–H and O–H groups in total. The molecule has 0 fully saturated rings. The van der Waals surface area contributed by atoms with Gasteiger partial charge in [-0.2, -0.15) is 0 Å². The molecule has 0 heterocycles. The summed E-state index contributed by atoms with van der Waals surface area (Å²) < 4.78 is 13.4. The molecule has 2 nitrogen and oxygen atoms in total. The number of aryl methyl sites for hydroxylation is 1. The van der Waals surface area contributed by atoms with E-state index in [0.29, 0.717) is 11.1 Å². The summed E-state index contributed by atoms with van der Waals surface area (Å²) in [5.74, 6) is -1.37. The van der Waals surface area contributed by atoms with E-state index < -0.39 is 5.97 Å². The van der Waals surface area contributed by atoms with E-state index in [4.69, 9.17) is 0 Å². The topological polar surface area (TPSA) is 37.3 Å². The molecule has 3 rings (SSSR count).